The Bertz CT molecular complexity index is 2650. The van der Waals surface area contributed by atoms with Crippen molar-refractivity contribution in [3.05, 3.63) is 247 Å². The maximum absolute atomic E-state index is 2.47. The number of rotatable bonds is 12. The predicted octanol–water partition coefficient (Wildman–Crippen LogP) is 16.4. The number of aryl methyl sites for hydroxylation is 2. The second-order valence-electron chi connectivity index (χ2n) is 16.2. The molecule has 0 fully saturated rings. The summed E-state index contributed by atoms with van der Waals surface area (Å²) in [5, 5.41) is 0. The molecule has 0 spiro atoms. The van der Waals surface area contributed by atoms with Crippen LogP contribution in [0.5, 0.6) is 0 Å². The SMILES string of the molecule is CC1=CC(N(c2ccccc2)c2ccc(N(c3ccc(N(c4ccccc4)c4cccc(C)c4)cc3)c3ccc(N(c4ccccc4)c4cccc(C)c4)cc3)cc2)C(C)C=C1. The van der Waals surface area contributed by atoms with Gasteiger partial charge < -0.3 is 19.6 Å². The molecule has 0 amide bonds. The lowest BCUT2D eigenvalue weighted by atomic mass is 9.91. The third kappa shape index (κ3) is 8.54. The molecular weight excluding hydrogens is 753 g/mol. The first-order valence-electron chi connectivity index (χ1n) is 21.5. The van der Waals surface area contributed by atoms with Gasteiger partial charge in [-0.15, -0.1) is 0 Å². The summed E-state index contributed by atoms with van der Waals surface area (Å²) >= 11 is 0. The van der Waals surface area contributed by atoms with Gasteiger partial charge in [0.25, 0.3) is 0 Å². The monoisotopic (exact) mass is 804 g/mol. The first kappa shape index (κ1) is 39.9. The number of benzene rings is 8. The molecule has 8 aromatic carbocycles. The zero-order valence-corrected chi connectivity index (χ0v) is 35.9. The van der Waals surface area contributed by atoms with Gasteiger partial charge >= 0.3 is 0 Å². The first-order chi connectivity index (χ1) is 30.4. The van der Waals surface area contributed by atoms with Crippen LogP contribution in [-0.4, -0.2) is 6.04 Å². The summed E-state index contributed by atoms with van der Waals surface area (Å²) in [6.07, 6.45) is 6.96. The number of anilines is 11. The van der Waals surface area contributed by atoms with Crippen LogP contribution in [-0.2, 0) is 0 Å². The summed E-state index contributed by atoms with van der Waals surface area (Å²) in [6.45, 7) is 8.79. The molecule has 0 saturated heterocycles. The zero-order valence-electron chi connectivity index (χ0n) is 35.9. The van der Waals surface area contributed by atoms with E-state index in [1.54, 1.807) is 0 Å². The second kappa shape index (κ2) is 18.0. The van der Waals surface area contributed by atoms with Crippen molar-refractivity contribution >= 4 is 62.6 Å². The van der Waals surface area contributed by atoms with Gasteiger partial charge in [-0.05, 0) is 171 Å². The molecule has 0 saturated carbocycles. The average molecular weight is 805 g/mol. The molecule has 62 heavy (non-hydrogen) atoms. The molecule has 8 aromatic rings. The normalized spacial score (nSPS) is 14.5. The number of nitrogens with zero attached hydrogens (tertiary/aromatic N) is 4. The third-order valence-corrected chi connectivity index (χ3v) is 11.6. The van der Waals surface area contributed by atoms with Crippen molar-refractivity contribution in [1.82, 2.24) is 0 Å². The third-order valence-electron chi connectivity index (χ3n) is 11.6. The summed E-state index contributed by atoms with van der Waals surface area (Å²) in [7, 11) is 0. The maximum Gasteiger partial charge on any atom is 0.0587 e. The predicted molar refractivity (Wildman–Crippen MR) is 264 cm³/mol. The number of allylic oxidation sites excluding steroid dienone is 2. The average Bonchev–Trinajstić information content (AvgIpc) is 3.31. The van der Waals surface area contributed by atoms with Crippen LogP contribution >= 0.6 is 0 Å². The van der Waals surface area contributed by atoms with Gasteiger partial charge in [-0.25, -0.2) is 0 Å². The standard InChI is InChI=1S/C58H52N4/c1-43-16-14-24-56(40-43)60(47-18-8-5-9-19-47)53-32-28-50(29-33-53)59(51-30-34-54(35-31-51)61(48-20-10-6-11-21-48)57-25-15-17-44(2)41-57)52-36-38-55(39-37-52)62(49-22-12-7-13-23-49)58-42-45(3)26-27-46(58)4/h5-42,46,58H,1-4H3. The topological polar surface area (TPSA) is 13.0 Å². The molecule has 1 aliphatic carbocycles. The van der Waals surface area contributed by atoms with E-state index in [1.165, 1.54) is 22.4 Å². The van der Waals surface area contributed by atoms with E-state index in [0.717, 1.165) is 56.9 Å². The Morgan fingerprint density at radius 3 is 1.02 bits per heavy atom. The van der Waals surface area contributed by atoms with Gasteiger partial charge in [0.1, 0.15) is 0 Å². The highest BCUT2D eigenvalue weighted by atomic mass is 15.2. The summed E-state index contributed by atoms with van der Waals surface area (Å²) in [5.74, 6) is 0.345. The van der Waals surface area contributed by atoms with Crippen LogP contribution in [0.3, 0.4) is 0 Å². The van der Waals surface area contributed by atoms with Gasteiger partial charge in [0, 0.05) is 62.6 Å². The minimum atomic E-state index is 0.186. The fourth-order valence-corrected chi connectivity index (χ4v) is 8.58. The molecule has 1 aliphatic rings. The van der Waals surface area contributed by atoms with Gasteiger partial charge in [-0.2, -0.15) is 0 Å². The lowest BCUT2D eigenvalue weighted by Crippen LogP contribution is -2.35. The van der Waals surface area contributed by atoms with Crippen LogP contribution < -0.4 is 19.6 Å². The molecule has 0 bridgehead atoms. The van der Waals surface area contributed by atoms with Crippen molar-refractivity contribution in [2.75, 3.05) is 19.6 Å². The first-order valence-corrected chi connectivity index (χ1v) is 21.5. The molecule has 0 radical (unpaired) electrons. The Labute approximate surface area is 367 Å². The van der Waals surface area contributed by atoms with Crippen LogP contribution in [0.1, 0.15) is 25.0 Å². The van der Waals surface area contributed by atoms with Crippen LogP contribution in [0.15, 0.2) is 236 Å². The van der Waals surface area contributed by atoms with Crippen molar-refractivity contribution in [3.8, 4) is 0 Å². The summed E-state index contributed by atoms with van der Waals surface area (Å²) < 4.78 is 0. The van der Waals surface area contributed by atoms with Crippen LogP contribution in [0.25, 0.3) is 0 Å². The smallest absolute Gasteiger partial charge is 0.0587 e. The molecule has 0 aliphatic heterocycles. The number of para-hydroxylation sites is 3. The maximum atomic E-state index is 2.47. The Balaban J connectivity index is 1.13. The summed E-state index contributed by atoms with van der Waals surface area (Å²) in [4.78, 5) is 9.48. The van der Waals surface area contributed by atoms with E-state index in [2.05, 4.69) is 278 Å². The zero-order chi connectivity index (χ0) is 42.4. The van der Waals surface area contributed by atoms with E-state index in [4.69, 9.17) is 0 Å². The number of hydrogen-bond donors (Lipinski definition) is 0. The lowest BCUT2D eigenvalue weighted by Gasteiger charge is -2.37. The van der Waals surface area contributed by atoms with E-state index < -0.39 is 0 Å². The Morgan fingerprint density at radius 1 is 0.323 bits per heavy atom. The van der Waals surface area contributed by atoms with Crippen molar-refractivity contribution < 1.29 is 0 Å². The van der Waals surface area contributed by atoms with Crippen molar-refractivity contribution in [2.45, 2.75) is 33.7 Å². The van der Waals surface area contributed by atoms with Crippen LogP contribution in [0.4, 0.5) is 62.6 Å². The quantitative estimate of drug-likeness (QED) is 0.122. The summed E-state index contributed by atoms with van der Waals surface area (Å²) in [6, 6.07) is 76.5. The molecule has 2 unspecified atom stereocenters. The molecule has 0 aromatic heterocycles. The molecule has 4 heteroatoms. The fraction of sp³-hybridized carbons (Fsp3) is 0.103. The molecule has 2 atom stereocenters. The van der Waals surface area contributed by atoms with E-state index in [9.17, 15) is 0 Å². The lowest BCUT2D eigenvalue weighted by molar-refractivity contribution is 0.605. The van der Waals surface area contributed by atoms with Crippen LogP contribution in [0, 0.1) is 19.8 Å². The van der Waals surface area contributed by atoms with Gasteiger partial charge in [0.05, 0.1) is 6.04 Å². The highest BCUT2D eigenvalue weighted by molar-refractivity contribution is 5.84. The Morgan fingerprint density at radius 2 is 0.629 bits per heavy atom. The van der Waals surface area contributed by atoms with Gasteiger partial charge in [-0.1, -0.05) is 110 Å². The number of hydrogen-bond acceptors (Lipinski definition) is 4. The fourth-order valence-electron chi connectivity index (χ4n) is 8.58. The van der Waals surface area contributed by atoms with E-state index in [1.807, 2.05) is 0 Å². The van der Waals surface area contributed by atoms with E-state index >= 15 is 0 Å². The van der Waals surface area contributed by atoms with Crippen LogP contribution in [0.2, 0.25) is 0 Å². The minimum Gasteiger partial charge on any atom is -0.334 e. The highest BCUT2D eigenvalue weighted by Crippen LogP contribution is 2.43. The van der Waals surface area contributed by atoms with E-state index in [0.29, 0.717) is 5.92 Å². The van der Waals surface area contributed by atoms with Gasteiger partial charge in [0.2, 0.25) is 0 Å². The molecule has 0 heterocycles. The van der Waals surface area contributed by atoms with Crippen molar-refractivity contribution in [2.24, 2.45) is 5.92 Å². The van der Waals surface area contributed by atoms with Crippen molar-refractivity contribution in [1.29, 1.82) is 0 Å². The minimum absolute atomic E-state index is 0.186. The van der Waals surface area contributed by atoms with Crippen molar-refractivity contribution in [3.63, 3.8) is 0 Å². The highest BCUT2D eigenvalue weighted by Gasteiger charge is 2.26. The van der Waals surface area contributed by atoms with Gasteiger partial charge in [-0.3, -0.25) is 0 Å². The molecule has 4 nitrogen and oxygen atoms in total. The largest absolute Gasteiger partial charge is 0.334 e. The molecular formula is C58H52N4. The second-order valence-corrected chi connectivity index (χ2v) is 16.2. The summed E-state index contributed by atoms with van der Waals surface area (Å²) in [5.41, 5.74) is 15.9. The molecule has 9 rings (SSSR count). The Kier molecular flexibility index (Phi) is 11.6. The molecule has 304 valence electrons. The Hall–Kier alpha value is -7.56. The van der Waals surface area contributed by atoms with Gasteiger partial charge in [0.15, 0.2) is 0 Å². The molecule has 0 N–H and O–H groups in total. The van der Waals surface area contributed by atoms with E-state index in [-0.39, 0.29) is 6.04 Å².